The molecule has 18 heavy (non-hydrogen) atoms. The first kappa shape index (κ1) is 15.0. The molecule has 2 atom stereocenters. The fraction of sp³-hybridized carbons (Fsp3) is 0.600. The van der Waals surface area contributed by atoms with Crippen molar-refractivity contribution in [2.45, 2.75) is 46.3 Å². The van der Waals surface area contributed by atoms with Crippen molar-refractivity contribution in [1.29, 1.82) is 0 Å². The van der Waals surface area contributed by atoms with Gasteiger partial charge in [-0.05, 0) is 38.3 Å². The van der Waals surface area contributed by atoms with Crippen LogP contribution in [0.3, 0.4) is 0 Å². The smallest absolute Gasteiger partial charge is 0.131 e. The largest absolute Gasteiger partial charge is 0.389 e. The summed E-state index contributed by atoms with van der Waals surface area (Å²) in [5.74, 6) is 0.247. The van der Waals surface area contributed by atoms with E-state index in [2.05, 4.69) is 20.8 Å². The van der Waals surface area contributed by atoms with E-state index in [0.29, 0.717) is 17.5 Å². The third-order valence-electron chi connectivity index (χ3n) is 3.30. The van der Waals surface area contributed by atoms with Gasteiger partial charge in [0.15, 0.2) is 0 Å². The van der Waals surface area contributed by atoms with Gasteiger partial charge in [0.1, 0.15) is 5.82 Å². The monoisotopic (exact) mass is 253 g/mol. The number of hydrogen-bond donors (Lipinski definition) is 1. The van der Waals surface area contributed by atoms with E-state index in [1.165, 1.54) is 6.07 Å². The second-order valence-corrected chi connectivity index (χ2v) is 5.44. The standard InChI is InChI=1S/C15H24FNO/c1-10(2)9-11(3)17(5)14-8-6-7-13(16)15(14)12(4)18/h6-8,10-12,18H,9H2,1-5H3/t11?,12-/m1/s1. The van der Waals surface area contributed by atoms with E-state index in [1.807, 2.05) is 18.0 Å². The molecule has 0 aliphatic rings. The normalized spacial score (nSPS) is 14.7. The Morgan fingerprint density at radius 2 is 1.83 bits per heavy atom. The Labute approximate surface area is 109 Å². The van der Waals surface area contributed by atoms with Gasteiger partial charge in [-0.25, -0.2) is 4.39 Å². The van der Waals surface area contributed by atoms with Crippen LogP contribution in [0.1, 0.15) is 45.8 Å². The van der Waals surface area contributed by atoms with Crippen molar-refractivity contribution in [3.8, 4) is 0 Å². The average Bonchev–Trinajstić information content (AvgIpc) is 2.26. The molecule has 0 saturated heterocycles. The van der Waals surface area contributed by atoms with E-state index in [-0.39, 0.29) is 5.82 Å². The highest BCUT2D eigenvalue weighted by atomic mass is 19.1. The number of hydrogen-bond acceptors (Lipinski definition) is 2. The van der Waals surface area contributed by atoms with Crippen molar-refractivity contribution in [3.63, 3.8) is 0 Å². The molecular formula is C15H24FNO. The molecule has 0 saturated carbocycles. The van der Waals surface area contributed by atoms with Crippen LogP contribution in [0.5, 0.6) is 0 Å². The Morgan fingerprint density at radius 1 is 1.22 bits per heavy atom. The third-order valence-corrected chi connectivity index (χ3v) is 3.30. The lowest BCUT2D eigenvalue weighted by molar-refractivity contribution is 0.194. The summed E-state index contributed by atoms with van der Waals surface area (Å²) in [5, 5.41) is 9.73. The average molecular weight is 253 g/mol. The zero-order chi connectivity index (χ0) is 13.9. The van der Waals surface area contributed by atoms with Crippen LogP contribution in [-0.4, -0.2) is 18.2 Å². The first-order valence-corrected chi connectivity index (χ1v) is 6.53. The number of rotatable bonds is 5. The number of halogens is 1. The highest BCUT2D eigenvalue weighted by Gasteiger charge is 2.19. The minimum atomic E-state index is -0.796. The first-order valence-electron chi connectivity index (χ1n) is 6.53. The molecule has 102 valence electrons. The highest BCUT2D eigenvalue weighted by molar-refractivity contribution is 5.55. The summed E-state index contributed by atoms with van der Waals surface area (Å²) in [6.07, 6.45) is 0.238. The molecule has 0 aliphatic carbocycles. The van der Waals surface area contributed by atoms with Crippen LogP contribution in [-0.2, 0) is 0 Å². The van der Waals surface area contributed by atoms with Crippen LogP contribution in [0.2, 0.25) is 0 Å². The summed E-state index contributed by atoms with van der Waals surface area (Å²) in [4.78, 5) is 2.05. The molecule has 1 N–H and O–H groups in total. The lowest BCUT2D eigenvalue weighted by Gasteiger charge is -2.31. The Hall–Kier alpha value is -1.09. The van der Waals surface area contributed by atoms with E-state index < -0.39 is 6.10 Å². The molecule has 0 amide bonds. The van der Waals surface area contributed by atoms with E-state index >= 15 is 0 Å². The van der Waals surface area contributed by atoms with Crippen LogP contribution >= 0.6 is 0 Å². The maximum absolute atomic E-state index is 13.8. The van der Waals surface area contributed by atoms with Crippen LogP contribution < -0.4 is 4.90 Å². The summed E-state index contributed by atoms with van der Waals surface area (Å²) in [7, 11) is 1.95. The number of aliphatic hydroxyl groups is 1. The van der Waals surface area contributed by atoms with E-state index in [9.17, 15) is 9.50 Å². The molecule has 0 fully saturated rings. The van der Waals surface area contributed by atoms with E-state index in [4.69, 9.17) is 0 Å². The molecule has 0 spiro atoms. The van der Waals surface area contributed by atoms with Crippen molar-refractivity contribution in [2.75, 3.05) is 11.9 Å². The Bertz CT molecular complexity index is 390. The SMILES string of the molecule is CC(C)CC(C)N(C)c1cccc(F)c1[C@@H](C)O. The summed E-state index contributed by atoms with van der Waals surface area (Å²) >= 11 is 0. The summed E-state index contributed by atoms with van der Waals surface area (Å²) in [5.41, 5.74) is 1.16. The molecule has 1 aromatic rings. The van der Waals surface area contributed by atoms with Gasteiger partial charge in [0.05, 0.1) is 6.10 Å². The second-order valence-electron chi connectivity index (χ2n) is 5.44. The molecule has 1 unspecified atom stereocenters. The van der Waals surface area contributed by atoms with Crippen LogP contribution in [0.15, 0.2) is 18.2 Å². The predicted octanol–water partition coefficient (Wildman–Crippen LogP) is 3.75. The maximum Gasteiger partial charge on any atom is 0.131 e. The van der Waals surface area contributed by atoms with Gasteiger partial charge in [-0.1, -0.05) is 19.9 Å². The third kappa shape index (κ3) is 3.45. The second kappa shape index (κ2) is 6.19. The van der Waals surface area contributed by atoms with Gasteiger partial charge in [-0.2, -0.15) is 0 Å². The number of aliphatic hydroxyl groups excluding tert-OH is 1. The van der Waals surface area contributed by atoms with Crippen LogP contribution in [0.25, 0.3) is 0 Å². The van der Waals surface area contributed by atoms with Crippen molar-refractivity contribution in [3.05, 3.63) is 29.6 Å². The topological polar surface area (TPSA) is 23.5 Å². The van der Waals surface area contributed by atoms with Crippen LogP contribution in [0.4, 0.5) is 10.1 Å². The number of anilines is 1. The molecular weight excluding hydrogens is 229 g/mol. The van der Waals surface area contributed by atoms with Crippen molar-refractivity contribution in [2.24, 2.45) is 5.92 Å². The minimum absolute atomic E-state index is 0.310. The molecule has 0 aromatic heterocycles. The van der Waals surface area contributed by atoms with Gasteiger partial charge < -0.3 is 10.0 Å². The van der Waals surface area contributed by atoms with Crippen molar-refractivity contribution >= 4 is 5.69 Å². The lowest BCUT2D eigenvalue weighted by atomic mass is 10.0. The zero-order valence-electron chi connectivity index (χ0n) is 11.9. The molecule has 0 radical (unpaired) electrons. The zero-order valence-corrected chi connectivity index (χ0v) is 11.9. The quantitative estimate of drug-likeness (QED) is 0.864. The van der Waals surface area contributed by atoms with Gasteiger partial charge in [-0.3, -0.25) is 0 Å². The van der Waals surface area contributed by atoms with Gasteiger partial charge in [-0.15, -0.1) is 0 Å². The Kier molecular flexibility index (Phi) is 5.15. The van der Waals surface area contributed by atoms with Gasteiger partial charge >= 0.3 is 0 Å². The Balaban J connectivity index is 3.05. The molecule has 0 heterocycles. The lowest BCUT2D eigenvalue weighted by Crippen LogP contribution is -2.31. The number of benzene rings is 1. The fourth-order valence-corrected chi connectivity index (χ4v) is 2.32. The van der Waals surface area contributed by atoms with Gasteiger partial charge in [0.2, 0.25) is 0 Å². The highest BCUT2D eigenvalue weighted by Crippen LogP contribution is 2.30. The van der Waals surface area contributed by atoms with Crippen molar-refractivity contribution in [1.82, 2.24) is 0 Å². The molecule has 0 bridgehead atoms. The molecule has 0 aliphatic heterocycles. The number of nitrogens with zero attached hydrogens (tertiary/aromatic N) is 1. The predicted molar refractivity (Wildman–Crippen MR) is 74.4 cm³/mol. The first-order chi connectivity index (χ1) is 8.34. The molecule has 2 nitrogen and oxygen atoms in total. The fourth-order valence-electron chi connectivity index (χ4n) is 2.32. The van der Waals surface area contributed by atoms with Crippen LogP contribution in [0, 0.1) is 11.7 Å². The summed E-state index contributed by atoms with van der Waals surface area (Å²) in [6, 6.07) is 5.26. The van der Waals surface area contributed by atoms with Crippen molar-refractivity contribution < 1.29 is 9.50 Å². The maximum atomic E-state index is 13.8. The summed E-state index contributed by atoms with van der Waals surface area (Å²) in [6.45, 7) is 8.07. The molecule has 3 heteroatoms. The summed E-state index contributed by atoms with van der Waals surface area (Å²) < 4.78 is 13.8. The van der Waals surface area contributed by atoms with E-state index in [0.717, 1.165) is 12.1 Å². The van der Waals surface area contributed by atoms with Gasteiger partial charge in [0, 0.05) is 24.3 Å². The van der Waals surface area contributed by atoms with Gasteiger partial charge in [0.25, 0.3) is 0 Å². The minimum Gasteiger partial charge on any atom is -0.389 e. The van der Waals surface area contributed by atoms with E-state index in [1.54, 1.807) is 13.0 Å². The molecule has 1 aromatic carbocycles. The molecule has 1 rings (SSSR count). The Morgan fingerprint density at radius 3 is 2.33 bits per heavy atom.